The SMILES string of the molecule is CC1CCCC1C(=O)Cc1cc(F)cc(F)c1. The molecule has 1 nitrogen and oxygen atoms in total. The highest BCUT2D eigenvalue weighted by Crippen LogP contribution is 2.32. The molecule has 1 saturated carbocycles. The van der Waals surface area contributed by atoms with Crippen molar-refractivity contribution < 1.29 is 13.6 Å². The molecule has 2 unspecified atom stereocenters. The molecule has 2 rings (SSSR count). The fourth-order valence-electron chi connectivity index (χ4n) is 2.67. The predicted octanol–water partition coefficient (Wildman–Crippen LogP) is 3.51. The average molecular weight is 238 g/mol. The number of benzene rings is 1. The molecule has 1 fully saturated rings. The van der Waals surface area contributed by atoms with Crippen LogP contribution in [0.25, 0.3) is 0 Å². The molecule has 0 radical (unpaired) electrons. The van der Waals surface area contributed by atoms with Crippen LogP contribution >= 0.6 is 0 Å². The van der Waals surface area contributed by atoms with Crippen LogP contribution in [0.1, 0.15) is 31.7 Å². The van der Waals surface area contributed by atoms with Gasteiger partial charge in [-0.2, -0.15) is 0 Å². The summed E-state index contributed by atoms with van der Waals surface area (Å²) in [6.07, 6.45) is 3.21. The van der Waals surface area contributed by atoms with Gasteiger partial charge in [0.15, 0.2) is 0 Å². The Morgan fingerprint density at radius 2 is 1.88 bits per heavy atom. The second-order valence-electron chi connectivity index (χ2n) is 4.94. The standard InChI is InChI=1S/C14H16F2O/c1-9-3-2-4-13(9)14(17)7-10-5-11(15)8-12(16)6-10/h5-6,8-9,13H,2-4,7H2,1H3. The summed E-state index contributed by atoms with van der Waals surface area (Å²) in [5.41, 5.74) is 0.437. The van der Waals surface area contributed by atoms with Gasteiger partial charge >= 0.3 is 0 Å². The summed E-state index contributed by atoms with van der Waals surface area (Å²) in [5, 5.41) is 0. The summed E-state index contributed by atoms with van der Waals surface area (Å²) in [7, 11) is 0. The Labute approximate surface area is 99.8 Å². The van der Waals surface area contributed by atoms with Gasteiger partial charge in [-0.1, -0.05) is 13.3 Å². The number of hydrogen-bond donors (Lipinski definition) is 0. The summed E-state index contributed by atoms with van der Waals surface area (Å²) < 4.78 is 26.0. The minimum Gasteiger partial charge on any atom is -0.299 e. The lowest BCUT2D eigenvalue weighted by Crippen LogP contribution is -2.19. The fourth-order valence-corrected chi connectivity index (χ4v) is 2.67. The highest BCUT2D eigenvalue weighted by atomic mass is 19.1. The van der Waals surface area contributed by atoms with E-state index in [9.17, 15) is 13.6 Å². The number of Topliss-reactive ketones (excluding diaryl/α,β-unsaturated/α-hetero) is 1. The van der Waals surface area contributed by atoms with Gasteiger partial charge in [-0.05, 0) is 36.5 Å². The minimum atomic E-state index is -0.618. The number of halogens is 2. The zero-order valence-corrected chi connectivity index (χ0v) is 9.88. The molecule has 0 saturated heterocycles. The van der Waals surface area contributed by atoms with Gasteiger partial charge in [0.2, 0.25) is 0 Å². The first-order chi connectivity index (χ1) is 8.06. The third-order valence-electron chi connectivity index (χ3n) is 3.58. The van der Waals surface area contributed by atoms with E-state index in [2.05, 4.69) is 6.92 Å². The highest BCUT2D eigenvalue weighted by molar-refractivity contribution is 5.83. The molecule has 0 spiro atoms. The lowest BCUT2D eigenvalue weighted by molar-refractivity contribution is -0.123. The maximum atomic E-state index is 13.0. The van der Waals surface area contributed by atoms with Crippen molar-refractivity contribution in [3.05, 3.63) is 35.4 Å². The molecular formula is C14H16F2O. The molecular weight excluding hydrogens is 222 g/mol. The van der Waals surface area contributed by atoms with Crippen molar-refractivity contribution in [3.63, 3.8) is 0 Å². The molecule has 17 heavy (non-hydrogen) atoms. The second kappa shape index (κ2) is 4.94. The van der Waals surface area contributed by atoms with Gasteiger partial charge in [0, 0.05) is 18.4 Å². The first kappa shape index (κ1) is 12.2. The minimum absolute atomic E-state index is 0.0707. The quantitative estimate of drug-likeness (QED) is 0.787. The molecule has 3 heteroatoms. The summed E-state index contributed by atoms with van der Waals surface area (Å²) in [6.45, 7) is 2.07. The van der Waals surface area contributed by atoms with E-state index in [0.717, 1.165) is 25.3 Å². The van der Waals surface area contributed by atoms with Crippen molar-refractivity contribution in [1.29, 1.82) is 0 Å². The molecule has 92 valence electrons. The second-order valence-corrected chi connectivity index (χ2v) is 4.94. The fraction of sp³-hybridized carbons (Fsp3) is 0.500. The largest absolute Gasteiger partial charge is 0.299 e. The Bertz CT molecular complexity index is 408. The summed E-state index contributed by atoms with van der Waals surface area (Å²) in [6, 6.07) is 3.30. The van der Waals surface area contributed by atoms with Crippen LogP contribution in [0.15, 0.2) is 18.2 Å². The Kier molecular flexibility index (Phi) is 3.55. The third kappa shape index (κ3) is 2.90. The zero-order valence-electron chi connectivity index (χ0n) is 9.88. The van der Waals surface area contributed by atoms with Crippen molar-refractivity contribution in [1.82, 2.24) is 0 Å². The number of rotatable bonds is 3. The van der Waals surface area contributed by atoms with Gasteiger partial charge in [-0.15, -0.1) is 0 Å². The lowest BCUT2D eigenvalue weighted by Gasteiger charge is -2.13. The molecule has 2 atom stereocenters. The molecule has 0 amide bonds. The third-order valence-corrected chi connectivity index (χ3v) is 3.58. The molecule has 0 N–H and O–H groups in total. The van der Waals surface area contributed by atoms with Gasteiger partial charge in [-0.3, -0.25) is 4.79 Å². The molecule has 0 aromatic heterocycles. The molecule has 0 aliphatic heterocycles. The van der Waals surface area contributed by atoms with E-state index < -0.39 is 11.6 Å². The molecule has 1 aliphatic rings. The first-order valence-electron chi connectivity index (χ1n) is 6.04. The summed E-state index contributed by atoms with van der Waals surface area (Å²) in [5.74, 6) is -0.651. The van der Waals surface area contributed by atoms with Crippen LogP contribution in [0, 0.1) is 23.5 Å². The topological polar surface area (TPSA) is 17.1 Å². The molecule has 1 aromatic rings. The zero-order chi connectivity index (χ0) is 12.4. The molecule has 0 bridgehead atoms. The van der Waals surface area contributed by atoms with Crippen LogP contribution in [0.5, 0.6) is 0 Å². The van der Waals surface area contributed by atoms with Gasteiger partial charge in [-0.25, -0.2) is 8.78 Å². The van der Waals surface area contributed by atoms with E-state index in [0.29, 0.717) is 11.5 Å². The molecule has 0 heterocycles. The summed E-state index contributed by atoms with van der Waals surface area (Å²) >= 11 is 0. The van der Waals surface area contributed by atoms with E-state index in [4.69, 9.17) is 0 Å². The monoisotopic (exact) mass is 238 g/mol. The Morgan fingerprint density at radius 3 is 2.41 bits per heavy atom. The summed E-state index contributed by atoms with van der Waals surface area (Å²) in [4.78, 5) is 12.0. The van der Waals surface area contributed by atoms with Crippen LogP contribution in [0.3, 0.4) is 0 Å². The normalized spacial score (nSPS) is 23.9. The predicted molar refractivity (Wildman–Crippen MR) is 61.6 cm³/mol. The van der Waals surface area contributed by atoms with E-state index in [-0.39, 0.29) is 18.1 Å². The van der Waals surface area contributed by atoms with Crippen LogP contribution < -0.4 is 0 Å². The number of hydrogen-bond acceptors (Lipinski definition) is 1. The van der Waals surface area contributed by atoms with Gasteiger partial charge < -0.3 is 0 Å². The average Bonchev–Trinajstić information content (AvgIpc) is 2.62. The Balaban J connectivity index is 2.07. The van der Waals surface area contributed by atoms with Crippen LogP contribution in [-0.2, 0) is 11.2 Å². The van der Waals surface area contributed by atoms with E-state index in [1.165, 1.54) is 12.1 Å². The van der Waals surface area contributed by atoms with Gasteiger partial charge in [0.05, 0.1) is 0 Å². The molecule has 1 aliphatic carbocycles. The maximum Gasteiger partial charge on any atom is 0.140 e. The smallest absolute Gasteiger partial charge is 0.140 e. The van der Waals surface area contributed by atoms with Gasteiger partial charge in [0.1, 0.15) is 17.4 Å². The van der Waals surface area contributed by atoms with Crippen molar-refractivity contribution in [2.75, 3.05) is 0 Å². The maximum absolute atomic E-state index is 13.0. The van der Waals surface area contributed by atoms with E-state index >= 15 is 0 Å². The van der Waals surface area contributed by atoms with Crippen molar-refractivity contribution >= 4 is 5.78 Å². The van der Waals surface area contributed by atoms with Crippen LogP contribution in [-0.4, -0.2) is 5.78 Å². The molecule has 1 aromatic carbocycles. The number of carbonyl (C=O) groups is 1. The van der Waals surface area contributed by atoms with Crippen molar-refractivity contribution in [2.45, 2.75) is 32.6 Å². The van der Waals surface area contributed by atoms with Crippen molar-refractivity contribution in [2.24, 2.45) is 11.8 Å². The number of carbonyl (C=O) groups excluding carboxylic acids is 1. The number of ketones is 1. The van der Waals surface area contributed by atoms with Crippen LogP contribution in [0.4, 0.5) is 8.78 Å². The Morgan fingerprint density at radius 1 is 1.24 bits per heavy atom. The first-order valence-corrected chi connectivity index (χ1v) is 6.04. The van der Waals surface area contributed by atoms with E-state index in [1.807, 2.05) is 0 Å². The van der Waals surface area contributed by atoms with Crippen LogP contribution in [0.2, 0.25) is 0 Å². The van der Waals surface area contributed by atoms with Gasteiger partial charge in [0.25, 0.3) is 0 Å². The highest BCUT2D eigenvalue weighted by Gasteiger charge is 2.29. The lowest BCUT2D eigenvalue weighted by atomic mass is 9.90. The van der Waals surface area contributed by atoms with Crippen molar-refractivity contribution in [3.8, 4) is 0 Å². The Hall–Kier alpha value is -1.25. The van der Waals surface area contributed by atoms with E-state index in [1.54, 1.807) is 0 Å².